The van der Waals surface area contributed by atoms with E-state index in [2.05, 4.69) is 21.8 Å². The number of hydrogen-bond donors (Lipinski definition) is 0. The van der Waals surface area contributed by atoms with Crippen molar-refractivity contribution >= 4 is 6.08 Å². The molecule has 0 aromatic carbocycles. The molecule has 0 aliphatic heterocycles. The molecule has 66 valence electrons. The fourth-order valence-electron chi connectivity index (χ4n) is 0.956. The van der Waals surface area contributed by atoms with Crippen molar-refractivity contribution < 1.29 is 4.52 Å². The van der Waals surface area contributed by atoms with E-state index in [-0.39, 0.29) is 0 Å². The molecule has 0 aliphatic rings. The Kier molecular flexibility index (Phi) is 1.70. The number of aromatic nitrogens is 4. The van der Waals surface area contributed by atoms with E-state index in [1.807, 2.05) is 19.3 Å². The topological polar surface area (TPSA) is 56.7 Å². The highest BCUT2D eigenvalue weighted by Gasteiger charge is 2.08. The summed E-state index contributed by atoms with van der Waals surface area (Å²) < 4.78 is 6.53. The molecule has 5 heteroatoms. The third-order valence-corrected chi connectivity index (χ3v) is 1.56. The predicted molar refractivity (Wildman–Crippen MR) is 46.6 cm³/mol. The van der Waals surface area contributed by atoms with Crippen LogP contribution in [0.15, 0.2) is 23.4 Å². The maximum absolute atomic E-state index is 4.85. The molecule has 0 N–H and O–H groups in total. The largest absolute Gasteiger partial charge is 0.334 e. The minimum absolute atomic E-state index is 0.403. The molecule has 2 heterocycles. The summed E-state index contributed by atoms with van der Waals surface area (Å²) in [6, 6.07) is 1.82. The second-order valence-corrected chi connectivity index (χ2v) is 2.53. The van der Waals surface area contributed by atoms with Crippen LogP contribution in [0.4, 0.5) is 0 Å². The summed E-state index contributed by atoms with van der Waals surface area (Å²) in [6.45, 7) is 3.52. The third kappa shape index (κ3) is 1.35. The molecule has 0 fully saturated rings. The second kappa shape index (κ2) is 2.85. The van der Waals surface area contributed by atoms with Crippen molar-refractivity contribution in [1.82, 2.24) is 19.9 Å². The molecule has 0 radical (unpaired) electrons. The van der Waals surface area contributed by atoms with Crippen molar-refractivity contribution in [3.63, 3.8) is 0 Å². The highest BCUT2D eigenvalue weighted by atomic mass is 16.5. The number of aryl methyl sites for hydroxylation is 1. The van der Waals surface area contributed by atoms with Gasteiger partial charge in [-0.2, -0.15) is 10.1 Å². The quantitative estimate of drug-likeness (QED) is 0.687. The Hall–Kier alpha value is -1.91. The number of rotatable bonds is 2. The van der Waals surface area contributed by atoms with Crippen LogP contribution in [0.2, 0.25) is 0 Å². The first-order chi connectivity index (χ1) is 6.29. The van der Waals surface area contributed by atoms with E-state index < -0.39 is 0 Å². The van der Waals surface area contributed by atoms with Crippen molar-refractivity contribution in [3.05, 3.63) is 24.7 Å². The summed E-state index contributed by atoms with van der Waals surface area (Å²) in [6.07, 6.45) is 3.32. The zero-order chi connectivity index (χ0) is 9.26. The molecule has 0 amide bonds. The molecular formula is C8H8N4O. The molecule has 13 heavy (non-hydrogen) atoms. The Bertz CT molecular complexity index is 429. The summed E-state index contributed by atoms with van der Waals surface area (Å²) in [4.78, 5) is 4.04. The molecule has 2 rings (SSSR count). The van der Waals surface area contributed by atoms with E-state index in [0.717, 1.165) is 0 Å². The summed E-state index contributed by atoms with van der Waals surface area (Å²) in [5.74, 6) is 0.885. The van der Waals surface area contributed by atoms with Gasteiger partial charge in [-0.05, 0) is 12.1 Å². The smallest absolute Gasteiger partial charge is 0.250 e. The highest BCUT2D eigenvalue weighted by Crippen LogP contribution is 2.12. The van der Waals surface area contributed by atoms with Crippen LogP contribution in [0.5, 0.6) is 0 Å². The van der Waals surface area contributed by atoms with E-state index in [1.54, 1.807) is 4.68 Å². The summed E-state index contributed by atoms with van der Waals surface area (Å²) in [5, 5.41) is 7.86. The number of hydrogen-bond acceptors (Lipinski definition) is 4. The van der Waals surface area contributed by atoms with Crippen LogP contribution in [0, 0.1) is 0 Å². The first-order valence-electron chi connectivity index (χ1n) is 3.76. The lowest BCUT2D eigenvalue weighted by atomic mass is 10.4. The molecule has 0 atom stereocenters. The zero-order valence-corrected chi connectivity index (χ0v) is 7.14. The van der Waals surface area contributed by atoms with Crippen molar-refractivity contribution in [2.24, 2.45) is 7.05 Å². The van der Waals surface area contributed by atoms with Gasteiger partial charge in [-0.25, -0.2) is 0 Å². The number of nitrogens with zero attached hydrogens (tertiary/aromatic N) is 4. The Morgan fingerprint density at radius 2 is 2.46 bits per heavy atom. The molecule has 5 nitrogen and oxygen atoms in total. The molecule has 0 bridgehead atoms. The Morgan fingerprint density at radius 1 is 1.62 bits per heavy atom. The van der Waals surface area contributed by atoms with Gasteiger partial charge in [-0.15, -0.1) is 0 Å². The van der Waals surface area contributed by atoms with Gasteiger partial charge in [0.2, 0.25) is 11.7 Å². The van der Waals surface area contributed by atoms with Crippen molar-refractivity contribution in [2.45, 2.75) is 0 Å². The van der Waals surface area contributed by atoms with Gasteiger partial charge in [0.25, 0.3) is 0 Å². The third-order valence-electron chi connectivity index (χ3n) is 1.56. The predicted octanol–water partition coefficient (Wildman–Crippen LogP) is 1.11. The molecule has 0 unspecified atom stereocenters. The summed E-state index contributed by atoms with van der Waals surface area (Å²) in [7, 11) is 1.83. The summed E-state index contributed by atoms with van der Waals surface area (Å²) >= 11 is 0. The summed E-state index contributed by atoms with van der Waals surface area (Å²) in [5.41, 5.74) is 0.694. The molecule has 0 saturated carbocycles. The highest BCUT2D eigenvalue weighted by molar-refractivity contribution is 5.49. The standard InChI is InChI=1S/C8H8N4O/c1-3-7-9-8(11-13-7)6-4-5-12(2)10-6/h3-5H,1H2,2H3. The Morgan fingerprint density at radius 3 is 3.00 bits per heavy atom. The molecule has 2 aromatic heterocycles. The van der Waals surface area contributed by atoms with Crippen LogP contribution in [-0.4, -0.2) is 19.9 Å². The second-order valence-electron chi connectivity index (χ2n) is 2.53. The fraction of sp³-hybridized carbons (Fsp3) is 0.125. The van der Waals surface area contributed by atoms with Gasteiger partial charge < -0.3 is 4.52 Å². The average Bonchev–Trinajstić information content (AvgIpc) is 2.71. The van der Waals surface area contributed by atoms with E-state index in [0.29, 0.717) is 17.4 Å². The lowest BCUT2D eigenvalue weighted by molar-refractivity contribution is 0.411. The minimum atomic E-state index is 0.403. The van der Waals surface area contributed by atoms with Gasteiger partial charge in [-0.3, -0.25) is 4.68 Å². The first kappa shape index (κ1) is 7.72. The van der Waals surface area contributed by atoms with Crippen molar-refractivity contribution in [2.75, 3.05) is 0 Å². The lowest BCUT2D eigenvalue weighted by Gasteiger charge is -1.84. The lowest BCUT2D eigenvalue weighted by Crippen LogP contribution is -1.88. The van der Waals surface area contributed by atoms with E-state index in [9.17, 15) is 0 Å². The molecule has 0 aliphatic carbocycles. The maximum Gasteiger partial charge on any atom is 0.250 e. The molecule has 0 saturated heterocycles. The fourth-order valence-corrected chi connectivity index (χ4v) is 0.956. The molecule has 2 aromatic rings. The van der Waals surface area contributed by atoms with Gasteiger partial charge in [0.05, 0.1) is 0 Å². The van der Waals surface area contributed by atoms with Crippen LogP contribution >= 0.6 is 0 Å². The van der Waals surface area contributed by atoms with Crippen LogP contribution in [-0.2, 0) is 7.05 Å². The zero-order valence-electron chi connectivity index (χ0n) is 7.14. The molecular weight excluding hydrogens is 168 g/mol. The Labute approximate surface area is 74.7 Å². The van der Waals surface area contributed by atoms with E-state index >= 15 is 0 Å². The minimum Gasteiger partial charge on any atom is -0.334 e. The van der Waals surface area contributed by atoms with Gasteiger partial charge in [0, 0.05) is 13.2 Å². The van der Waals surface area contributed by atoms with E-state index in [1.165, 1.54) is 6.08 Å². The van der Waals surface area contributed by atoms with Crippen LogP contribution < -0.4 is 0 Å². The van der Waals surface area contributed by atoms with E-state index in [4.69, 9.17) is 4.52 Å². The van der Waals surface area contributed by atoms with Crippen LogP contribution in [0.25, 0.3) is 17.6 Å². The average molecular weight is 176 g/mol. The first-order valence-corrected chi connectivity index (χ1v) is 3.76. The monoisotopic (exact) mass is 176 g/mol. The van der Waals surface area contributed by atoms with Crippen molar-refractivity contribution in [1.29, 1.82) is 0 Å². The SMILES string of the molecule is C=Cc1nc(-c2ccn(C)n2)no1. The van der Waals surface area contributed by atoms with Gasteiger partial charge in [0.1, 0.15) is 5.69 Å². The molecule has 0 spiro atoms. The van der Waals surface area contributed by atoms with Crippen LogP contribution in [0.3, 0.4) is 0 Å². The maximum atomic E-state index is 4.85. The van der Waals surface area contributed by atoms with Crippen LogP contribution in [0.1, 0.15) is 5.89 Å². The van der Waals surface area contributed by atoms with Gasteiger partial charge in [-0.1, -0.05) is 11.7 Å². The van der Waals surface area contributed by atoms with Gasteiger partial charge >= 0.3 is 0 Å². The normalized spacial score (nSPS) is 10.2. The Balaban J connectivity index is 2.40. The van der Waals surface area contributed by atoms with Crippen molar-refractivity contribution in [3.8, 4) is 11.5 Å². The van der Waals surface area contributed by atoms with Gasteiger partial charge in [0.15, 0.2) is 0 Å².